The fourth-order valence-corrected chi connectivity index (χ4v) is 3.18. The molecule has 1 aromatic rings. The third kappa shape index (κ3) is 3.24. The molecule has 0 heterocycles. The van der Waals surface area contributed by atoms with Gasteiger partial charge in [0.2, 0.25) is 5.91 Å². The first kappa shape index (κ1) is 14.7. The van der Waals surface area contributed by atoms with Gasteiger partial charge in [-0.25, -0.2) is 0 Å². The second-order valence-electron chi connectivity index (χ2n) is 6.11. The lowest BCUT2D eigenvalue weighted by atomic mass is 9.77. The van der Waals surface area contributed by atoms with Crippen molar-refractivity contribution in [3.05, 3.63) is 23.8 Å². The first-order chi connectivity index (χ1) is 9.49. The topological polar surface area (TPSA) is 81.1 Å². The highest BCUT2D eigenvalue weighted by molar-refractivity contribution is 5.94. The Balaban J connectivity index is 2.14. The maximum absolute atomic E-state index is 11.1. The summed E-state index contributed by atoms with van der Waals surface area (Å²) in [6.07, 6.45) is 5.03. The lowest BCUT2D eigenvalue weighted by molar-refractivity contribution is 0.100. The average molecular weight is 275 g/mol. The molecule has 0 radical (unpaired) electrons. The number of nitrogens with two attached hydrogens (primary N) is 2. The molecule has 1 aliphatic carbocycles. The Bertz CT molecular complexity index is 485. The predicted molar refractivity (Wildman–Crippen MR) is 83.6 cm³/mol. The molecule has 4 nitrogen and oxygen atoms in total. The smallest absolute Gasteiger partial charge is 0.248 e. The standard InChI is InChI=1S/C16H25N3O/c1-10(2)12-5-3-4-6-14(12)19-15-8-7-11(16(18)20)9-13(15)17/h7-10,12,14,19H,3-6,17H2,1-2H3,(H2,18,20). The molecular formula is C16H25N3O. The molecule has 1 aromatic carbocycles. The highest BCUT2D eigenvalue weighted by Crippen LogP contribution is 2.33. The van der Waals surface area contributed by atoms with Crippen LogP contribution in [0.1, 0.15) is 49.9 Å². The van der Waals surface area contributed by atoms with Gasteiger partial charge in [-0.15, -0.1) is 0 Å². The van der Waals surface area contributed by atoms with Gasteiger partial charge in [0, 0.05) is 11.6 Å². The van der Waals surface area contributed by atoms with E-state index in [1.165, 1.54) is 25.7 Å². The summed E-state index contributed by atoms with van der Waals surface area (Å²) < 4.78 is 0. The molecule has 110 valence electrons. The molecule has 0 saturated heterocycles. The lowest BCUT2D eigenvalue weighted by Gasteiger charge is -2.35. The van der Waals surface area contributed by atoms with Crippen LogP contribution in [0.2, 0.25) is 0 Å². The Labute approximate surface area is 120 Å². The third-order valence-electron chi connectivity index (χ3n) is 4.35. The third-order valence-corrected chi connectivity index (χ3v) is 4.35. The Kier molecular flexibility index (Phi) is 4.53. The zero-order chi connectivity index (χ0) is 14.7. The van der Waals surface area contributed by atoms with Crippen LogP contribution in [-0.2, 0) is 0 Å². The summed E-state index contributed by atoms with van der Waals surface area (Å²) in [7, 11) is 0. The summed E-state index contributed by atoms with van der Waals surface area (Å²) in [6, 6.07) is 5.71. The van der Waals surface area contributed by atoms with Gasteiger partial charge >= 0.3 is 0 Å². The Morgan fingerprint density at radius 3 is 2.60 bits per heavy atom. The molecule has 0 spiro atoms. The fraction of sp³-hybridized carbons (Fsp3) is 0.562. The number of benzene rings is 1. The maximum atomic E-state index is 11.1. The van der Waals surface area contributed by atoms with Crippen LogP contribution in [0.25, 0.3) is 0 Å². The Hall–Kier alpha value is -1.71. The van der Waals surface area contributed by atoms with Gasteiger partial charge in [-0.3, -0.25) is 4.79 Å². The van der Waals surface area contributed by atoms with E-state index < -0.39 is 5.91 Å². The lowest BCUT2D eigenvalue weighted by Crippen LogP contribution is -2.35. The minimum atomic E-state index is -0.444. The van der Waals surface area contributed by atoms with Crippen LogP contribution in [0.4, 0.5) is 11.4 Å². The van der Waals surface area contributed by atoms with Gasteiger partial charge < -0.3 is 16.8 Å². The van der Waals surface area contributed by atoms with E-state index in [0.29, 0.717) is 29.1 Å². The van der Waals surface area contributed by atoms with Crippen molar-refractivity contribution in [3.8, 4) is 0 Å². The number of amides is 1. The normalized spacial score (nSPS) is 22.8. The molecular weight excluding hydrogens is 250 g/mol. The second-order valence-corrected chi connectivity index (χ2v) is 6.11. The van der Waals surface area contributed by atoms with Crippen LogP contribution in [-0.4, -0.2) is 11.9 Å². The van der Waals surface area contributed by atoms with Crippen molar-refractivity contribution in [2.24, 2.45) is 17.6 Å². The van der Waals surface area contributed by atoms with Crippen LogP contribution in [0.5, 0.6) is 0 Å². The number of nitrogens with one attached hydrogen (secondary N) is 1. The maximum Gasteiger partial charge on any atom is 0.248 e. The molecule has 0 aliphatic heterocycles. The average Bonchev–Trinajstić information content (AvgIpc) is 2.41. The van der Waals surface area contributed by atoms with Crippen LogP contribution >= 0.6 is 0 Å². The van der Waals surface area contributed by atoms with Crippen molar-refractivity contribution >= 4 is 17.3 Å². The SMILES string of the molecule is CC(C)C1CCCCC1Nc1ccc(C(N)=O)cc1N. The van der Waals surface area contributed by atoms with E-state index >= 15 is 0 Å². The summed E-state index contributed by atoms with van der Waals surface area (Å²) in [5, 5.41) is 3.57. The van der Waals surface area contributed by atoms with Crippen molar-refractivity contribution in [1.82, 2.24) is 0 Å². The molecule has 2 unspecified atom stereocenters. The van der Waals surface area contributed by atoms with Crippen molar-refractivity contribution in [2.45, 2.75) is 45.6 Å². The van der Waals surface area contributed by atoms with Gasteiger partial charge in [0.15, 0.2) is 0 Å². The van der Waals surface area contributed by atoms with Gasteiger partial charge in [0.1, 0.15) is 0 Å². The first-order valence-electron chi connectivity index (χ1n) is 7.45. The second kappa shape index (κ2) is 6.16. The number of carbonyl (C=O) groups excluding carboxylic acids is 1. The number of nitrogen functional groups attached to an aromatic ring is 1. The number of anilines is 2. The van der Waals surface area contributed by atoms with Crippen LogP contribution in [0.15, 0.2) is 18.2 Å². The van der Waals surface area contributed by atoms with E-state index in [9.17, 15) is 4.79 Å². The molecule has 1 aliphatic rings. The van der Waals surface area contributed by atoms with Crippen LogP contribution < -0.4 is 16.8 Å². The molecule has 0 bridgehead atoms. The molecule has 4 heteroatoms. The van der Waals surface area contributed by atoms with Gasteiger partial charge in [0.25, 0.3) is 0 Å². The van der Waals surface area contributed by atoms with E-state index in [1.54, 1.807) is 12.1 Å². The summed E-state index contributed by atoms with van der Waals surface area (Å²) in [6.45, 7) is 4.56. The largest absolute Gasteiger partial charge is 0.397 e. The quantitative estimate of drug-likeness (QED) is 0.739. The van der Waals surface area contributed by atoms with E-state index in [0.717, 1.165) is 5.69 Å². The number of hydrogen-bond donors (Lipinski definition) is 3. The van der Waals surface area contributed by atoms with Gasteiger partial charge in [-0.2, -0.15) is 0 Å². The zero-order valence-corrected chi connectivity index (χ0v) is 12.4. The molecule has 2 atom stereocenters. The number of hydrogen-bond acceptors (Lipinski definition) is 3. The summed E-state index contributed by atoms with van der Waals surface area (Å²) >= 11 is 0. The van der Waals surface area contributed by atoms with Crippen LogP contribution in [0, 0.1) is 11.8 Å². The molecule has 2 rings (SSSR count). The predicted octanol–water partition coefficient (Wildman–Crippen LogP) is 2.99. The minimum Gasteiger partial charge on any atom is -0.397 e. The summed E-state index contributed by atoms with van der Waals surface area (Å²) in [5.74, 6) is 0.902. The monoisotopic (exact) mass is 275 g/mol. The molecule has 20 heavy (non-hydrogen) atoms. The number of carbonyl (C=O) groups is 1. The highest BCUT2D eigenvalue weighted by atomic mass is 16.1. The molecule has 1 amide bonds. The minimum absolute atomic E-state index is 0.444. The highest BCUT2D eigenvalue weighted by Gasteiger charge is 2.27. The molecule has 1 fully saturated rings. The van der Waals surface area contributed by atoms with Crippen molar-refractivity contribution in [2.75, 3.05) is 11.1 Å². The number of primary amides is 1. The van der Waals surface area contributed by atoms with E-state index in [-0.39, 0.29) is 0 Å². The summed E-state index contributed by atoms with van der Waals surface area (Å²) in [5.41, 5.74) is 13.2. The molecule has 5 N–H and O–H groups in total. The number of rotatable bonds is 4. The van der Waals surface area contributed by atoms with Crippen molar-refractivity contribution < 1.29 is 4.79 Å². The Morgan fingerprint density at radius 2 is 2.00 bits per heavy atom. The first-order valence-corrected chi connectivity index (χ1v) is 7.45. The Morgan fingerprint density at radius 1 is 1.30 bits per heavy atom. The van der Waals surface area contributed by atoms with E-state index in [1.807, 2.05) is 6.07 Å². The van der Waals surface area contributed by atoms with Gasteiger partial charge in [0.05, 0.1) is 11.4 Å². The molecule has 0 aromatic heterocycles. The molecule has 1 saturated carbocycles. The van der Waals surface area contributed by atoms with Gasteiger partial charge in [-0.05, 0) is 42.9 Å². The van der Waals surface area contributed by atoms with Crippen molar-refractivity contribution in [3.63, 3.8) is 0 Å². The zero-order valence-electron chi connectivity index (χ0n) is 12.4. The fourth-order valence-electron chi connectivity index (χ4n) is 3.18. The summed E-state index contributed by atoms with van der Waals surface area (Å²) in [4.78, 5) is 11.1. The van der Waals surface area contributed by atoms with E-state index in [2.05, 4.69) is 19.2 Å². The van der Waals surface area contributed by atoms with Gasteiger partial charge in [-0.1, -0.05) is 26.7 Å². The van der Waals surface area contributed by atoms with E-state index in [4.69, 9.17) is 11.5 Å². The van der Waals surface area contributed by atoms with Crippen molar-refractivity contribution in [1.29, 1.82) is 0 Å². The van der Waals surface area contributed by atoms with Crippen LogP contribution in [0.3, 0.4) is 0 Å².